The molecule has 0 radical (unpaired) electrons. The van der Waals surface area contributed by atoms with Gasteiger partial charge in [0.25, 0.3) is 0 Å². The highest BCUT2D eigenvalue weighted by atomic mass is 32.1. The average molecular weight is 314 g/mol. The molecule has 0 unspecified atom stereocenters. The van der Waals surface area contributed by atoms with Crippen LogP contribution in [0.1, 0.15) is 15.4 Å². The number of aromatic nitrogens is 1. The lowest BCUT2D eigenvalue weighted by molar-refractivity contribution is -0.111. The zero-order valence-corrected chi connectivity index (χ0v) is 13.3. The van der Waals surface area contributed by atoms with Crippen LogP contribution in [0.4, 0.5) is 5.69 Å². The highest BCUT2D eigenvalue weighted by molar-refractivity contribution is 7.18. The summed E-state index contributed by atoms with van der Waals surface area (Å²) in [6.07, 6.45) is 3.42. The Morgan fingerprint density at radius 1 is 1.29 bits per heavy atom. The molecule has 5 heteroatoms. The van der Waals surface area contributed by atoms with Crippen LogP contribution in [0, 0.1) is 13.8 Å². The molecule has 3 rings (SSSR count). The molecule has 106 valence electrons. The fourth-order valence-corrected chi connectivity index (χ4v) is 3.69. The predicted molar refractivity (Wildman–Crippen MR) is 91.1 cm³/mol. The van der Waals surface area contributed by atoms with Crippen molar-refractivity contribution in [3.05, 3.63) is 51.2 Å². The number of nitrogens with one attached hydrogen (secondary N) is 1. The lowest BCUT2D eigenvalue weighted by Gasteiger charge is -2.01. The van der Waals surface area contributed by atoms with Crippen molar-refractivity contribution in [3.63, 3.8) is 0 Å². The third kappa shape index (κ3) is 3.20. The van der Waals surface area contributed by atoms with Crippen LogP contribution in [0.25, 0.3) is 16.3 Å². The maximum atomic E-state index is 12.0. The second kappa shape index (κ2) is 5.79. The lowest BCUT2D eigenvalue weighted by Crippen LogP contribution is -2.07. The van der Waals surface area contributed by atoms with Crippen molar-refractivity contribution in [2.45, 2.75) is 13.8 Å². The van der Waals surface area contributed by atoms with Gasteiger partial charge in [0.15, 0.2) is 0 Å². The summed E-state index contributed by atoms with van der Waals surface area (Å²) in [6.45, 7) is 4.02. The third-order valence-electron chi connectivity index (χ3n) is 3.05. The first-order valence-electron chi connectivity index (χ1n) is 6.52. The van der Waals surface area contributed by atoms with Gasteiger partial charge in [0.2, 0.25) is 5.91 Å². The van der Waals surface area contributed by atoms with Crippen molar-refractivity contribution in [2.24, 2.45) is 0 Å². The van der Waals surface area contributed by atoms with E-state index in [0.29, 0.717) is 0 Å². The summed E-state index contributed by atoms with van der Waals surface area (Å²) >= 11 is 3.26. The number of hydrogen-bond donors (Lipinski definition) is 1. The first-order valence-corrected chi connectivity index (χ1v) is 8.22. The molecule has 3 aromatic rings. The van der Waals surface area contributed by atoms with E-state index in [1.165, 1.54) is 5.56 Å². The van der Waals surface area contributed by atoms with Gasteiger partial charge in [-0.1, -0.05) is 0 Å². The SMILES string of the molecule is Cc1nc2ccc(NC(=O)/C=C/c3sccc3C)cc2s1. The normalized spacial score (nSPS) is 11.3. The molecule has 1 amide bonds. The van der Waals surface area contributed by atoms with E-state index < -0.39 is 0 Å². The molecule has 1 N–H and O–H groups in total. The van der Waals surface area contributed by atoms with Crippen LogP contribution in [-0.2, 0) is 4.79 Å². The molecule has 0 aliphatic rings. The van der Waals surface area contributed by atoms with Crippen LogP contribution in [0.15, 0.2) is 35.7 Å². The number of amides is 1. The number of benzene rings is 1. The molecule has 0 atom stereocenters. The van der Waals surface area contributed by atoms with Crippen molar-refractivity contribution >= 4 is 50.6 Å². The molecule has 0 aliphatic carbocycles. The fraction of sp³-hybridized carbons (Fsp3) is 0.125. The largest absolute Gasteiger partial charge is 0.322 e. The van der Waals surface area contributed by atoms with Crippen LogP contribution in [0.2, 0.25) is 0 Å². The molecule has 0 saturated carbocycles. The van der Waals surface area contributed by atoms with E-state index >= 15 is 0 Å². The minimum absolute atomic E-state index is 0.122. The smallest absolute Gasteiger partial charge is 0.248 e. The van der Waals surface area contributed by atoms with Gasteiger partial charge in [-0.3, -0.25) is 4.79 Å². The van der Waals surface area contributed by atoms with Gasteiger partial charge >= 0.3 is 0 Å². The Balaban J connectivity index is 1.73. The molecule has 0 fully saturated rings. The number of nitrogens with zero attached hydrogens (tertiary/aromatic N) is 1. The predicted octanol–water partition coefficient (Wildman–Crippen LogP) is 4.63. The molecular weight excluding hydrogens is 300 g/mol. The van der Waals surface area contributed by atoms with Crippen molar-refractivity contribution in [2.75, 3.05) is 5.32 Å². The Bertz CT molecular complexity index is 830. The number of carbonyl (C=O) groups is 1. The van der Waals surface area contributed by atoms with Gasteiger partial charge in [-0.05, 0) is 55.1 Å². The summed E-state index contributed by atoms with van der Waals surface area (Å²) in [7, 11) is 0. The first kappa shape index (κ1) is 14.0. The second-order valence-corrected chi connectivity index (χ2v) is 6.89. The van der Waals surface area contributed by atoms with Crippen molar-refractivity contribution in [1.29, 1.82) is 0 Å². The highest BCUT2D eigenvalue weighted by Crippen LogP contribution is 2.24. The Labute approximate surface area is 131 Å². The minimum atomic E-state index is -0.122. The van der Waals surface area contributed by atoms with E-state index in [4.69, 9.17) is 0 Å². The molecule has 0 aliphatic heterocycles. The summed E-state index contributed by atoms with van der Waals surface area (Å²) < 4.78 is 1.09. The Kier molecular flexibility index (Phi) is 3.86. The van der Waals surface area contributed by atoms with Gasteiger partial charge in [0.05, 0.1) is 15.2 Å². The second-order valence-electron chi connectivity index (χ2n) is 4.71. The topological polar surface area (TPSA) is 42.0 Å². The molecule has 2 heterocycles. The number of hydrogen-bond acceptors (Lipinski definition) is 4. The van der Waals surface area contributed by atoms with E-state index in [-0.39, 0.29) is 5.91 Å². The van der Waals surface area contributed by atoms with E-state index in [9.17, 15) is 4.79 Å². The summed E-state index contributed by atoms with van der Waals surface area (Å²) in [5.41, 5.74) is 2.95. The highest BCUT2D eigenvalue weighted by Gasteiger charge is 2.04. The first-order chi connectivity index (χ1) is 10.1. The summed E-state index contributed by atoms with van der Waals surface area (Å²) in [5.74, 6) is -0.122. The van der Waals surface area contributed by atoms with E-state index in [1.807, 2.05) is 49.6 Å². The van der Waals surface area contributed by atoms with Gasteiger partial charge in [0, 0.05) is 16.6 Å². The van der Waals surface area contributed by atoms with Crippen LogP contribution in [0.5, 0.6) is 0 Å². The molecule has 2 aromatic heterocycles. The van der Waals surface area contributed by atoms with Gasteiger partial charge < -0.3 is 5.32 Å². The molecule has 21 heavy (non-hydrogen) atoms. The van der Waals surface area contributed by atoms with Gasteiger partial charge in [-0.25, -0.2) is 4.98 Å². The van der Waals surface area contributed by atoms with Crippen LogP contribution < -0.4 is 5.32 Å². The number of fused-ring (bicyclic) bond motifs is 1. The molecule has 0 spiro atoms. The van der Waals surface area contributed by atoms with Crippen LogP contribution in [0.3, 0.4) is 0 Å². The average Bonchev–Trinajstić information content (AvgIpc) is 3.00. The summed E-state index contributed by atoms with van der Waals surface area (Å²) in [4.78, 5) is 17.5. The fourth-order valence-electron chi connectivity index (χ4n) is 2.01. The number of thiazole rings is 1. The van der Waals surface area contributed by atoms with Crippen LogP contribution >= 0.6 is 22.7 Å². The van der Waals surface area contributed by atoms with Gasteiger partial charge in [-0.15, -0.1) is 22.7 Å². The molecule has 3 nitrogen and oxygen atoms in total. The van der Waals surface area contributed by atoms with E-state index in [0.717, 1.165) is 25.8 Å². The minimum Gasteiger partial charge on any atom is -0.322 e. The third-order valence-corrected chi connectivity index (χ3v) is 4.97. The monoisotopic (exact) mass is 314 g/mol. The van der Waals surface area contributed by atoms with Crippen molar-refractivity contribution in [3.8, 4) is 0 Å². The van der Waals surface area contributed by atoms with Gasteiger partial charge in [0.1, 0.15) is 0 Å². The maximum Gasteiger partial charge on any atom is 0.248 e. The molecule has 0 bridgehead atoms. The maximum absolute atomic E-state index is 12.0. The molecule has 0 saturated heterocycles. The Hall–Kier alpha value is -1.98. The van der Waals surface area contributed by atoms with Crippen molar-refractivity contribution < 1.29 is 4.79 Å². The molecule has 1 aromatic carbocycles. The Morgan fingerprint density at radius 3 is 2.90 bits per heavy atom. The van der Waals surface area contributed by atoms with Crippen LogP contribution in [-0.4, -0.2) is 10.9 Å². The molecular formula is C16H14N2OS2. The number of aryl methyl sites for hydroxylation is 2. The van der Waals surface area contributed by atoms with Crippen molar-refractivity contribution in [1.82, 2.24) is 4.98 Å². The lowest BCUT2D eigenvalue weighted by atomic mass is 10.2. The quantitative estimate of drug-likeness (QED) is 0.716. The zero-order valence-electron chi connectivity index (χ0n) is 11.7. The Morgan fingerprint density at radius 2 is 2.14 bits per heavy atom. The number of rotatable bonds is 3. The summed E-state index contributed by atoms with van der Waals surface area (Å²) in [6, 6.07) is 7.82. The van der Waals surface area contributed by atoms with E-state index in [2.05, 4.69) is 10.3 Å². The van der Waals surface area contributed by atoms with Gasteiger partial charge in [-0.2, -0.15) is 0 Å². The van der Waals surface area contributed by atoms with E-state index in [1.54, 1.807) is 28.7 Å². The number of anilines is 1. The zero-order chi connectivity index (χ0) is 14.8. The standard InChI is InChI=1S/C16H14N2OS2/c1-10-7-8-20-14(10)5-6-16(19)18-12-3-4-13-15(9-12)21-11(2)17-13/h3-9H,1-2H3,(H,18,19)/b6-5+. The number of carbonyl (C=O) groups excluding carboxylic acids is 1. The summed E-state index contributed by atoms with van der Waals surface area (Å²) in [5, 5.41) is 5.93. The number of thiophene rings is 1.